The monoisotopic (exact) mass is 396 g/mol. The first-order chi connectivity index (χ1) is 12.3. The fraction of sp³-hybridized carbons (Fsp3) is 0.533. The van der Waals surface area contributed by atoms with E-state index in [1.54, 1.807) is 5.32 Å². The molecule has 0 aliphatic carbocycles. The predicted octanol–water partition coefficient (Wildman–Crippen LogP) is 0.542. The first-order valence-corrected chi connectivity index (χ1v) is 8.38. The average Bonchev–Trinajstić information content (AvgIpc) is 2.94. The van der Waals surface area contributed by atoms with Crippen LogP contribution in [0.3, 0.4) is 0 Å². The number of ether oxygens (including phenoxy) is 3. The van der Waals surface area contributed by atoms with E-state index < -0.39 is 18.1 Å². The summed E-state index contributed by atoms with van der Waals surface area (Å²) in [7, 11) is 0. The van der Waals surface area contributed by atoms with E-state index in [9.17, 15) is 18.0 Å². The Balaban J connectivity index is 1.60. The summed E-state index contributed by atoms with van der Waals surface area (Å²) in [5, 5.41) is 4.32. The van der Waals surface area contributed by atoms with Gasteiger partial charge < -0.3 is 24.4 Å². The molecule has 2 aliphatic heterocycles. The molecule has 1 saturated heterocycles. The number of alkyl halides is 3. The largest absolute Gasteiger partial charge is 0.492 e. The minimum absolute atomic E-state index is 0.162. The molecule has 3 N–H and O–H groups in total. The Kier molecular flexibility index (Phi) is 5.35. The van der Waals surface area contributed by atoms with E-state index in [2.05, 4.69) is 5.32 Å². The molecule has 0 bridgehead atoms. The number of halogens is 4. The second-order valence-electron chi connectivity index (χ2n) is 5.90. The van der Waals surface area contributed by atoms with Crippen LogP contribution in [0.4, 0.5) is 18.0 Å². The van der Waals surface area contributed by atoms with Gasteiger partial charge in [0, 0.05) is 11.1 Å². The number of morpholine rings is 1. The quantitative estimate of drug-likeness (QED) is 0.694. The molecule has 1 aromatic rings. The molecule has 1 fully saturated rings. The van der Waals surface area contributed by atoms with E-state index in [4.69, 9.17) is 25.8 Å². The maximum atomic E-state index is 13.5. The number of urea groups is 1. The van der Waals surface area contributed by atoms with Crippen LogP contribution in [0.5, 0.6) is 11.5 Å². The van der Waals surface area contributed by atoms with Crippen LogP contribution < -0.4 is 25.0 Å². The van der Waals surface area contributed by atoms with Gasteiger partial charge in [0.15, 0.2) is 11.5 Å². The molecule has 3 rings (SSSR count). The zero-order chi connectivity index (χ0) is 18.8. The number of nitrogens with one attached hydrogen (secondary N) is 3. The van der Waals surface area contributed by atoms with Crippen LogP contribution in [-0.4, -0.2) is 57.5 Å². The van der Waals surface area contributed by atoms with E-state index in [1.165, 1.54) is 23.1 Å². The fourth-order valence-corrected chi connectivity index (χ4v) is 2.83. The summed E-state index contributed by atoms with van der Waals surface area (Å²) >= 11 is 5.75. The fourth-order valence-electron chi connectivity index (χ4n) is 2.67. The van der Waals surface area contributed by atoms with E-state index in [-0.39, 0.29) is 23.1 Å². The molecular formula is C15H18ClF3N3O4+. The van der Waals surface area contributed by atoms with Gasteiger partial charge in [-0.05, 0) is 12.1 Å². The summed E-state index contributed by atoms with van der Waals surface area (Å²) in [4.78, 5) is 13.2. The Morgan fingerprint density at radius 3 is 2.62 bits per heavy atom. The highest BCUT2D eigenvalue weighted by Crippen LogP contribution is 2.45. The lowest BCUT2D eigenvalue weighted by Gasteiger charge is -2.30. The second-order valence-corrected chi connectivity index (χ2v) is 6.34. The molecule has 0 saturated carbocycles. The molecule has 2 heterocycles. The molecule has 0 spiro atoms. The van der Waals surface area contributed by atoms with Gasteiger partial charge >= 0.3 is 18.1 Å². The molecule has 0 aromatic heterocycles. The Morgan fingerprint density at radius 1 is 1.23 bits per heavy atom. The van der Waals surface area contributed by atoms with Crippen molar-refractivity contribution in [2.75, 3.05) is 39.4 Å². The van der Waals surface area contributed by atoms with Crippen molar-refractivity contribution in [1.29, 1.82) is 0 Å². The van der Waals surface area contributed by atoms with Gasteiger partial charge in [-0.2, -0.15) is 13.2 Å². The number of hydrogen-bond acceptors (Lipinski definition) is 4. The van der Waals surface area contributed by atoms with Gasteiger partial charge in [-0.3, -0.25) is 5.32 Å². The number of carbonyl (C=O) groups excluding carboxylic acids is 1. The third kappa shape index (κ3) is 4.08. The van der Waals surface area contributed by atoms with Crippen molar-refractivity contribution in [3.63, 3.8) is 0 Å². The number of quaternary nitrogens is 1. The maximum Gasteiger partial charge on any atom is 0.492 e. The molecule has 1 aromatic carbocycles. The van der Waals surface area contributed by atoms with Gasteiger partial charge in [-0.1, -0.05) is 11.6 Å². The van der Waals surface area contributed by atoms with E-state index in [1.807, 2.05) is 0 Å². The number of rotatable bonds is 4. The molecule has 26 heavy (non-hydrogen) atoms. The molecule has 144 valence electrons. The van der Waals surface area contributed by atoms with Crippen LogP contribution in [0.1, 0.15) is 0 Å². The lowest BCUT2D eigenvalue weighted by molar-refractivity contribution is -0.906. The van der Waals surface area contributed by atoms with Crippen molar-refractivity contribution in [1.82, 2.24) is 10.6 Å². The highest BCUT2D eigenvalue weighted by molar-refractivity contribution is 6.30. The maximum absolute atomic E-state index is 13.5. The number of benzene rings is 1. The van der Waals surface area contributed by atoms with Gasteiger partial charge in [-0.15, -0.1) is 0 Å². The van der Waals surface area contributed by atoms with E-state index in [0.717, 1.165) is 13.1 Å². The molecule has 2 amide bonds. The van der Waals surface area contributed by atoms with E-state index >= 15 is 0 Å². The molecule has 7 nitrogen and oxygen atoms in total. The van der Waals surface area contributed by atoms with Crippen molar-refractivity contribution in [2.24, 2.45) is 0 Å². The predicted molar refractivity (Wildman–Crippen MR) is 84.4 cm³/mol. The van der Waals surface area contributed by atoms with Crippen molar-refractivity contribution < 1.29 is 37.1 Å². The van der Waals surface area contributed by atoms with Crippen molar-refractivity contribution >= 4 is 17.6 Å². The average molecular weight is 397 g/mol. The molecule has 0 radical (unpaired) electrons. The zero-order valence-electron chi connectivity index (χ0n) is 13.6. The number of fused-ring (bicyclic) bond motifs is 1. The van der Waals surface area contributed by atoms with Crippen molar-refractivity contribution in [3.05, 3.63) is 23.2 Å². The van der Waals surface area contributed by atoms with Crippen LogP contribution >= 0.6 is 11.6 Å². The lowest BCUT2D eigenvalue weighted by Crippen LogP contribution is -3.14. The second kappa shape index (κ2) is 7.37. The molecule has 2 aliphatic rings. The topological polar surface area (TPSA) is 73.3 Å². The summed E-state index contributed by atoms with van der Waals surface area (Å²) in [6.07, 6.45) is -5.01. The first-order valence-electron chi connectivity index (χ1n) is 8.01. The third-order valence-corrected chi connectivity index (χ3v) is 4.26. The van der Waals surface area contributed by atoms with Crippen LogP contribution in [0.15, 0.2) is 18.2 Å². The number of hydrogen-bond donors (Lipinski definition) is 3. The SMILES string of the molecule is O=C(NCC[NH+]1CCOCC1)N[C@@]1(C(F)(F)F)Oc2ccc(Cl)cc2O1. The number of carbonyl (C=O) groups is 1. The van der Waals surface area contributed by atoms with Crippen LogP contribution in [-0.2, 0) is 4.74 Å². The van der Waals surface area contributed by atoms with Crippen LogP contribution in [0.25, 0.3) is 0 Å². The minimum Gasteiger partial charge on any atom is -0.424 e. The zero-order valence-corrected chi connectivity index (χ0v) is 14.4. The Hall–Kier alpha value is -1.91. The van der Waals surface area contributed by atoms with Crippen molar-refractivity contribution in [2.45, 2.75) is 12.1 Å². The summed E-state index contributed by atoms with van der Waals surface area (Å²) in [6.45, 7) is 3.61. The molecule has 11 heteroatoms. The summed E-state index contributed by atoms with van der Waals surface area (Å²) in [6, 6.07) is 2.74. The first kappa shape index (κ1) is 18.9. The Bertz CT molecular complexity index is 670. The van der Waals surface area contributed by atoms with Gasteiger partial charge in [0.2, 0.25) is 0 Å². The summed E-state index contributed by atoms with van der Waals surface area (Å²) in [5.74, 6) is -3.66. The minimum atomic E-state index is -5.01. The van der Waals surface area contributed by atoms with Crippen molar-refractivity contribution in [3.8, 4) is 11.5 Å². The third-order valence-electron chi connectivity index (χ3n) is 4.03. The van der Waals surface area contributed by atoms with Crippen LogP contribution in [0.2, 0.25) is 5.02 Å². The Labute approximate surface area is 152 Å². The Morgan fingerprint density at radius 2 is 1.92 bits per heavy atom. The van der Waals surface area contributed by atoms with E-state index in [0.29, 0.717) is 19.8 Å². The smallest absolute Gasteiger partial charge is 0.424 e. The summed E-state index contributed by atoms with van der Waals surface area (Å²) < 4.78 is 55.5. The molecular weight excluding hydrogens is 379 g/mol. The lowest BCUT2D eigenvalue weighted by atomic mass is 10.3. The summed E-state index contributed by atoms with van der Waals surface area (Å²) in [5.41, 5.74) is 0. The standard InChI is InChI=1S/C15H17ClF3N3O4/c16-10-1-2-11-12(9-10)26-15(25-11,14(17,18)19)21-13(23)20-3-4-22-5-7-24-8-6-22/h1-2,9H,3-8H2,(H2,20,21,23)/p+1/t15-/m0/s1. The molecule has 0 unspecified atom stereocenters. The highest BCUT2D eigenvalue weighted by Gasteiger charge is 2.65. The highest BCUT2D eigenvalue weighted by atomic mass is 35.5. The normalized spacial score (nSPS) is 22.9. The number of amides is 2. The van der Waals surface area contributed by atoms with Crippen LogP contribution in [0, 0.1) is 0 Å². The van der Waals surface area contributed by atoms with Gasteiger partial charge in [0.25, 0.3) is 0 Å². The van der Waals surface area contributed by atoms with Gasteiger partial charge in [0.05, 0.1) is 26.3 Å². The molecule has 1 atom stereocenters. The van der Waals surface area contributed by atoms with Gasteiger partial charge in [0.1, 0.15) is 13.1 Å². The van der Waals surface area contributed by atoms with Gasteiger partial charge in [-0.25, -0.2) is 4.79 Å².